The summed E-state index contributed by atoms with van der Waals surface area (Å²) in [5, 5.41) is 19.5. The van der Waals surface area contributed by atoms with Crippen LogP contribution in [0.3, 0.4) is 0 Å². The topological polar surface area (TPSA) is 70.8 Å². The second-order valence-corrected chi connectivity index (χ2v) is 10.5. The zero-order valence-electron chi connectivity index (χ0n) is 22.1. The van der Waals surface area contributed by atoms with Crippen molar-refractivity contribution >= 4 is 17.3 Å². The van der Waals surface area contributed by atoms with Crippen molar-refractivity contribution in [2.24, 2.45) is 5.92 Å². The number of hydrogen-bond donors (Lipinski definition) is 1. The average molecular weight is 509 g/mol. The molecule has 0 bridgehead atoms. The van der Waals surface area contributed by atoms with Gasteiger partial charge in [0.25, 0.3) is 5.91 Å². The third-order valence-corrected chi connectivity index (χ3v) is 8.15. The molecule has 3 aromatic carbocycles. The SMILES string of the molecule is Cc1ccc(C(=O)N2CCN(c3ccccc3)[C@@H](CO)C2)cc1CC1CCN(c2ccccc2C#N)CC1. The molecule has 5 rings (SSSR count). The Bertz CT molecular complexity index is 1290. The van der Waals surface area contributed by atoms with E-state index in [4.69, 9.17) is 0 Å². The Morgan fingerprint density at radius 1 is 0.974 bits per heavy atom. The first-order chi connectivity index (χ1) is 18.6. The Labute approximate surface area is 225 Å². The Morgan fingerprint density at radius 2 is 1.71 bits per heavy atom. The number of piperazine rings is 1. The van der Waals surface area contributed by atoms with E-state index < -0.39 is 0 Å². The second kappa shape index (κ2) is 11.7. The third kappa shape index (κ3) is 5.54. The molecule has 1 amide bonds. The molecule has 2 aliphatic heterocycles. The summed E-state index contributed by atoms with van der Waals surface area (Å²) in [5.74, 6) is 0.595. The summed E-state index contributed by atoms with van der Waals surface area (Å²) in [7, 11) is 0. The fourth-order valence-corrected chi connectivity index (χ4v) is 5.90. The number of nitriles is 1. The van der Waals surface area contributed by atoms with Gasteiger partial charge in [-0.1, -0.05) is 36.4 Å². The van der Waals surface area contributed by atoms with Crippen LogP contribution in [-0.4, -0.2) is 61.3 Å². The number of benzene rings is 3. The predicted octanol–water partition coefficient (Wildman–Crippen LogP) is 4.65. The van der Waals surface area contributed by atoms with Crippen LogP contribution >= 0.6 is 0 Å². The lowest BCUT2D eigenvalue weighted by Crippen LogP contribution is -2.56. The van der Waals surface area contributed by atoms with Crippen LogP contribution < -0.4 is 9.80 Å². The maximum atomic E-state index is 13.5. The Balaban J connectivity index is 1.22. The molecule has 2 aliphatic rings. The molecule has 196 valence electrons. The molecular formula is C32H36N4O2. The van der Waals surface area contributed by atoms with Gasteiger partial charge in [0, 0.05) is 44.0 Å². The summed E-state index contributed by atoms with van der Waals surface area (Å²) < 4.78 is 0. The largest absolute Gasteiger partial charge is 0.394 e. The smallest absolute Gasteiger partial charge is 0.253 e. The van der Waals surface area contributed by atoms with Crippen molar-refractivity contribution in [2.75, 3.05) is 49.1 Å². The number of rotatable bonds is 6. The molecule has 2 fully saturated rings. The highest BCUT2D eigenvalue weighted by Crippen LogP contribution is 2.29. The Morgan fingerprint density at radius 3 is 2.45 bits per heavy atom. The zero-order valence-corrected chi connectivity index (χ0v) is 22.1. The number of hydrogen-bond acceptors (Lipinski definition) is 5. The lowest BCUT2D eigenvalue weighted by atomic mass is 9.87. The lowest BCUT2D eigenvalue weighted by Gasteiger charge is -2.42. The standard InChI is InChI=1S/C32H36N4O2/c1-24-11-12-26(32(38)35-17-18-36(30(22-35)23-37)29-8-3-2-4-9-29)20-28(24)19-25-13-15-34(16-14-25)31-10-6-5-7-27(31)21-33/h2-12,20,25,30,37H,13-19,22-23H2,1H3/t30-/m1/s1. The van der Waals surface area contributed by atoms with Crippen LogP contribution in [0, 0.1) is 24.2 Å². The van der Waals surface area contributed by atoms with Crippen molar-refractivity contribution in [3.8, 4) is 6.07 Å². The molecule has 0 aromatic heterocycles. The molecule has 3 aromatic rings. The summed E-state index contributed by atoms with van der Waals surface area (Å²) in [6.07, 6.45) is 3.09. The number of amides is 1. The quantitative estimate of drug-likeness (QED) is 0.525. The van der Waals surface area contributed by atoms with Gasteiger partial charge in [0.15, 0.2) is 0 Å². The molecule has 1 atom stereocenters. The first-order valence-corrected chi connectivity index (χ1v) is 13.6. The number of aryl methyl sites for hydroxylation is 1. The number of carbonyl (C=O) groups excluding carboxylic acids is 1. The van der Waals surface area contributed by atoms with Crippen molar-refractivity contribution < 1.29 is 9.90 Å². The van der Waals surface area contributed by atoms with Crippen molar-refractivity contribution in [1.29, 1.82) is 5.26 Å². The number of anilines is 2. The molecule has 0 saturated carbocycles. The molecule has 38 heavy (non-hydrogen) atoms. The predicted molar refractivity (Wildman–Crippen MR) is 152 cm³/mol. The summed E-state index contributed by atoms with van der Waals surface area (Å²) in [5.41, 5.74) is 6.05. The van der Waals surface area contributed by atoms with Gasteiger partial charge in [-0.2, -0.15) is 5.26 Å². The fraction of sp³-hybridized carbons (Fsp3) is 0.375. The summed E-state index contributed by atoms with van der Waals surface area (Å²) in [6.45, 7) is 5.86. The average Bonchev–Trinajstić information content (AvgIpc) is 2.98. The van der Waals surface area contributed by atoms with Crippen LogP contribution in [0.4, 0.5) is 11.4 Å². The van der Waals surface area contributed by atoms with Gasteiger partial charge >= 0.3 is 0 Å². The molecule has 0 unspecified atom stereocenters. The van der Waals surface area contributed by atoms with Crippen molar-refractivity contribution in [3.63, 3.8) is 0 Å². The van der Waals surface area contributed by atoms with E-state index in [0.717, 1.165) is 54.9 Å². The maximum Gasteiger partial charge on any atom is 0.253 e. The molecule has 6 heteroatoms. The molecule has 0 spiro atoms. The van der Waals surface area contributed by atoms with E-state index in [-0.39, 0.29) is 18.6 Å². The van der Waals surface area contributed by atoms with E-state index in [2.05, 4.69) is 47.1 Å². The van der Waals surface area contributed by atoms with Crippen molar-refractivity contribution in [2.45, 2.75) is 32.2 Å². The fourth-order valence-electron chi connectivity index (χ4n) is 5.90. The first kappa shape index (κ1) is 25.8. The van der Waals surface area contributed by atoms with E-state index in [9.17, 15) is 15.2 Å². The number of piperidine rings is 1. The van der Waals surface area contributed by atoms with E-state index in [1.807, 2.05) is 53.4 Å². The highest BCUT2D eigenvalue weighted by atomic mass is 16.3. The van der Waals surface area contributed by atoms with Gasteiger partial charge in [-0.15, -0.1) is 0 Å². The van der Waals surface area contributed by atoms with Crippen LogP contribution in [0.2, 0.25) is 0 Å². The number of aliphatic hydroxyl groups excluding tert-OH is 1. The van der Waals surface area contributed by atoms with E-state index in [1.54, 1.807) is 0 Å². The molecule has 1 N–H and O–H groups in total. The number of nitrogens with zero attached hydrogens (tertiary/aromatic N) is 4. The molecule has 2 heterocycles. The van der Waals surface area contributed by atoms with Crippen molar-refractivity contribution in [3.05, 3.63) is 95.1 Å². The number of aliphatic hydroxyl groups is 1. The van der Waals surface area contributed by atoms with Crippen LogP contribution in [0.5, 0.6) is 0 Å². The molecule has 6 nitrogen and oxygen atoms in total. The van der Waals surface area contributed by atoms with Gasteiger partial charge in [-0.05, 0) is 79.6 Å². The zero-order chi connectivity index (χ0) is 26.5. The van der Waals surface area contributed by atoms with Gasteiger partial charge in [0.2, 0.25) is 0 Å². The van der Waals surface area contributed by atoms with E-state index in [0.29, 0.717) is 25.6 Å². The van der Waals surface area contributed by atoms with Crippen molar-refractivity contribution in [1.82, 2.24) is 4.90 Å². The van der Waals surface area contributed by atoms with Crippen LogP contribution in [0.25, 0.3) is 0 Å². The second-order valence-electron chi connectivity index (χ2n) is 10.5. The normalized spacial score (nSPS) is 18.3. The minimum absolute atomic E-state index is 0.00929. The lowest BCUT2D eigenvalue weighted by molar-refractivity contribution is 0.0699. The maximum absolute atomic E-state index is 13.5. The van der Waals surface area contributed by atoms with Crippen LogP contribution in [-0.2, 0) is 6.42 Å². The van der Waals surface area contributed by atoms with Gasteiger partial charge in [-0.3, -0.25) is 4.79 Å². The highest BCUT2D eigenvalue weighted by molar-refractivity contribution is 5.94. The molecule has 2 saturated heterocycles. The van der Waals surface area contributed by atoms with Crippen LogP contribution in [0.15, 0.2) is 72.8 Å². The third-order valence-electron chi connectivity index (χ3n) is 8.15. The Hall–Kier alpha value is -3.82. The van der Waals surface area contributed by atoms with Crippen LogP contribution in [0.1, 0.15) is 39.9 Å². The van der Waals surface area contributed by atoms with Gasteiger partial charge in [0.1, 0.15) is 6.07 Å². The molecular weight excluding hydrogens is 472 g/mol. The van der Waals surface area contributed by atoms with Gasteiger partial charge < -0.3 is 19.8 Å². The minimum atomic E-state index is -0.114. The highest BCUT2D eigenvalue weighted by Gasteiger charge is 2.30. The summed E-state index contributed by atoms with van der Waals surface area (Å²) >= 11 is 0. The Kier molecular flexibility index (Phi) is 7.95. The molecule has 0 radical (unpaired) electrons. The first-order valence-electron chi connectivity index (χ1n) is 13.6. The van der Waals surface area contributed by atoms with Gasteiger partial charge in [0.05, 0.1) is 23.9 Å². The monoisotopic (exact) mass is 508 g/mol. The number of para-hydroxylation sites is 2. The van der Waals surface area contributed by atoms with Gasteiger partial charge in [-0.25, -0.2) is 0 Å². The minimum Gasteiger partial charge on any atom is -0.394 e. The van der Waals surface area contributed by atoms with E-state index >= 15 is 0 Å². The van der Waals surface area contributed by atoms with E-state index in [1.165, 1.54) is 11.1 Å². The summed E-state index contributed by atoms with van der Waals surface area (Å²) in [6, 6.07) is 26.3. The summed E-state index contributed by atoms with van der Waals surface area (Å²) in [4.78, 5) is 19.9. The molecule has 0 aliphatic carbocycles. The number of carbonyl (C=O) groups is 1.